The van der Waals surface area contributed by atoms with Crippen molar-refractivity contribution in [2.45, 2.75) is 31.6 Å². The summed E-state index contributed by atoms with van der Waals surface area (Å²) >= 11 is 0. The van der Waals surface area contributed by atoms with Crippen LogP contribution >= 0.6 is 0 Å². The minimum Gasteiger partial charge on any atom is -0.465 e. The van der Waals surface area contributed by atoms with Crippen LogP contribution in [0.15, 0.2) is 18.3 Å². The Bertz CT molecular complexity index is 708. The smallest absolute Gasteiger partial charge is 0.340 e. The molecule has 3 rings (SSSR count). The molecule has 110 valence electrons. The van der Waals surface area contributed by atoms with Gasteiger partial charge in [-0.2, -0.15) is 5.10 Å². The molecule has 1 saturated carbocycles. The molecule has 1 aliphatic carbocycles. The van der Waals surface area contributed by atoms with Crippen LogP contribution in [-0.2, 0) is 16.6 Å². The van der Waals surface area contributed by atoms with Crippen LogP contribution in [0.5, 0.6) is 0 Å². The van der Waals surface area contributed by atoms with Gasteiger partial charge in [-0.3, -0.25) is 9.48 Å². The molecule has 0 bridgehead atoms. The summed E-state index contributed by atoms with van der Waals surface area (Å²) in [7, 11) is 3.22. The number of rotatable bonds is 2. The quantitative estimate of drug-likeness (QED) is 0.796. The van der Waals surface area contributed by atoms with Gasteiger partial charge in [-0.05, 0) is 30.4 Å². The third-order valence-corrected chi connectivity index (χ3v) is 4.21. The molecule has 0 aliphatic heterocycles. The lowest BCUT2D eigenvalue weighted by Crippen LogP contribution is -2.13. The standard InChI is InChI=1S/C16H18N2O3/c1-18-9-14-12(10-3-5-11(19)6-4-10)7-8-13(15(14)17-18)16(20)21-2/h7-10H,3-6H2,1-2H3. The zero-order chi connectivity index (χ0) is 15.0. The summed E-state index contributed by atoms with van der Waals surface area (Å²) in [6.07, 6.45) is 4.98. The molecule has 1 heterocycles. The number of carbonyl (C=O) groups is 2. The van der Waals surface area contributed by atoms with Crippen molar-refractivity contribution in [2.75, 3.05) is 7.11 Å². The van der Waals surface area contributed by atoms with E-state index in [2.05, 4.69) is 5.10 Å². The lowest BCUT2D eigenvalue weighted by molar-refractivity contribution is -0.120. The molecule has 2 aromatic rings. The highest BCUT2D eigenvalue weighted by atomic mass is 16.5. The summed E-state index contributed by atoms with van der Waals surface area (Å²) in [6, 6.07) is 3.77. The highest BCUT2D eigenvalue weighted by Crippen LogP contribution is 2.36. The average Bonchev–Trinajstić information content (AvgIpc) is 2.87. The van der Waals surface area contributed by atoms with Crippen molar-refractivity contribution < 1.29 is 14.3 Å². The Balaban J connectivity index is 2.08. The van der Waals surface area contributed by atoms with Crippen molar-refractivity contribution in [3.05, 3.63) is 29.5 Å². The number of methoxy groups -OCH3 is 1. The maximum absolute atomic E-state index is 11.9. The summed E-state index contributed by atoms with van der Waals surface area (Å²) in [5, 5.41) is 5.39. The van der Waals surface area contributed by atoms with Gasteiger partial charge in [-0.25, -0.2) is 4.79 Å². The number of ketones is 1. The number of aryl methyl sites for hydroxylation is 1. The van der Waals surface area contributed by atoms with Gasteiger partial charge >= 0.3 is 5.97 Å². The Labute approximate surface area is 122 Å². The molecule has 1 aliphatic rings. The van der Waals surface area contributed by atoms with E-state index < -0.39 is 0 Å². The number of hydrogen-bond donors (Lipinski definition) is 0. The Morgan fingerprint density at radius 3 is 2.71 bits per heavy atom. The third-order valence-electron chi connectivity index (χ3n) is 4.21. The Kier molecular flexibility index (Phi) is 3.49. The fraction of sp³-hybridized carbons (Fsp3) is 0.438. The van der Waals surface area contributed by atoms with Crippen molar-refractivity contribution in [1.82, 2.24) is 9.78 Å². The van der Waals surface area contributed by atoms with E-state index in [4.69, 9.17) is 4.74 Å². The first-order valence-corrected chi connectivity index (χ1v) is 7.16. The van der Waals surface area contributed by atoms with Crippen LogP contribution in [0, 0.1) is 0 Å². The molecule has 0 saturated heterocycles. The van der Waals surface area contributed by atoms with Crippen molar-refractivity contribution in [2.24, 2.45) is 7.05 Å². The molecular weight excluding hydrogens is 268 g/mol. The van der Waals surface area contributed by atoms with Gasteiger partial charge in [0.1, 0.15) is 11.3 Å². The molecule has 0 spiro atoms. The fourth-order valence-corrected chi connectivity index (χ4v) is 3.12. The zero-order valence-electron chi connectivity index (χ0n) is 12.3. The number of fused-ring (bicyclic) bond motifs is 1. The van der Waals surface area contributed by atoms with Gasteiger partial charge in [-0.1, -0.05) is 6.07 Å². The highest BCUT2D eigenvalue weighted by Gasteiger charge is 2.24. The molecule has 1 aromatic heterocycles. The van der Waals surface area contributed by atoms with E-state index in [1.165, 1.54) is 12.7 Å². The Hall–Kier alpha value is -2.17. The summed E-state index contributed by atoms with van der Waals surface area (Å²) in [4.78, 5) is 23.3. The number of carbonyl (C=O) groups excluding carboxylic acids is 2. The van der Waals surface area contributed by atoms with Gasteiger partial charge in [-0.15, -0.1) is 0 Å². The maximum Gasteiger partial charge on any atom is 0.340 e. The number of hydrogen-bond acceptors (Lipinski definition) is 4. The minimum atomic E-state index is -0.371. The van der Waals surface area contributed by atoms with E-state index in [9.17, 15) is 9.59 Å². The number of ether oxygens (including phenoxy) is 1. The van der Waals surface area contributed by atoms with Crippen LogP contribution in [-0.4, -0.2) is 28.6 Å². The number of aromatic nitrogens is 2. The Morgan fingerprint density at radius 2 is 2.05 bits per heavy atom. The van der Waals surface area contributed by atoms with E-state index in [-0.39, 0.29) is 5.97 Å². The van der Waals surface area contributed by atoms with Crippen LogP contribution in [0.3, 0.4) is 0 Å². The number of nitrogens with zero attached hydrogens (tertiary/aromatic N) is 2. The fourth-order valence-electron chi connectivity index (χ4n) is 3.12. The first-order valence-electron chi connectivity index (χ1n) is 7.16. The van der Waals surface area contributed by atoms with E-state index in [0.29, 0.717) is 35.6 Å². The molecule has 5 heteroatoms. The second-order valence-electron chi connectivity index (χ2n) is 5.57. The predicted molar refractivity (Wildman–Crippen MR) is 78.3 cm³/mol. The predicted octanol–water partition coefficient (Wildman–Crippen LogP) is 2.59. The van der Waals surface area contributed by atoms with Crippen LogP contribution < -0.4 is 0 Å². The van der Waals surface area contributed by atoms with Gasteiger partial charge in [0.2, 0.25) is 0 Å². The van der Waals surface area contributed by atoms with Crippen molar-refractivity contribution in [3.63, 3.8) is 0 Å². The second kappa shape index (κ2) is 5.31. The number of benzene rings is 1. The third kappa shape index (κ3) is 2.44. The zero-order valence-corrected chi connectivity index (χ0v) is 12.3. The van der Waals surface area contributed by atoms with Crippen LogP contribution in [0.25, 0.3) is 10.9 Å². The van der Waals surface area contributed by atoms with E-state index in [1.54, 1.807) is 10.7 Å². The summed E-state index contributed by atoms with van der Waals surface area (Å²) in [5.41, 5.74) is 2.35. The van der Waals surface area contributed by atoms with Gasteiger partial charge < -0.3 is 4.74 Å². The minimum absolute atomic E-state index is 0.347. The molecule has 0 radical (unpaired) electrons. The summed E-state index contributed by atoms with van der Waals surface area (Å²) < 4.78 is 6.54. The molecule has 0 N–H and O–H groups in total. The van der Waals surface area contributed by atoms with E-state index >= 15 is 0 Å². The summed E-state index contributed by atoms with van der Waals surface area (Å²) in [5.74, 6) is 0.338. The van der Waals surface area contributed by atoms with Gasteiger partial charge in [0.05, 0.1) is 12.7 Å². The Morgan fingerprint density at radius 1 is 1.33 bits per heavy atom. The van der Waals surface area contributed by atoms with Crippen LogP contribution in [0.4, 0.5) is 0 Å². The highest BCUT2D eigenvalue weighted by molar-refractivity contribution is 6.03. The topological polar surface area (TPSA) is 61.2 Å². The summed E-state index contributed by atoms with van der Waals surface area (Å²) in [6.45, 7) is 0. The SMILES string of the molecule is COC(=O)c1ccc(C2CCC(=O)CC2)c2cn(C)nc12. The largest absolute Gasteiger partial charge is 0.465 e. The molecule has 5 nitrogen and oxygen atoms in total. The van der Waals surface area contributed by atoms with E-state index in [1.807, 2.05) is 19.3 Å². The van der Waals surface area contributed by atoms with Crippen LogP contribution in [0.2, 0.25) is 0 Å². The van der Waals surface area contributed by atoms with Crippen molar-refractivity contribution in [3.8, 4) is 0 Å². The van der Waals surface area contributed by atoms with E-state index in [0.717, 1.165) is 18.2 Å². The van der Waals surface area contributed by atoms with Gasteiger partial charge in [0.25, 0.3) is 0 Å². The normalized spacial score (nSPS) is 16.4. The van der Waals surface area contributed by atoms with Gasteiger partial charge in [0.15, 0.2) is 0 Å². The van der Waals surface area contributed by atoms with Gasteiger partial charge in [0, 0.05) is 31.5 Å². The average molecular weight is 286 g/mol. The first-order chi connectivity index (χ1) is 10.1. The second-order valence-corrected chi connectivity index (χ2v) is 5.57. The molecular formula is C16H18N2O3. The molecule has 21 heavy (non-hydrogen) atoms. The lowest BCUT2D eigenvalue weighted by atomic mass is 9.82. The molecule has 0 amide bonds. The molecule has 1 fully saturated rings. The van der Waals surface area contributed by atoms with Crippen LogP contribution in [0.1, 0.15) is 47.5 Å². The molecule has 0 unspecified atom stereocenters. The monoisotopic (exact) mass is 286 g/mol. The van der Waals surface area contributed by atoms with Crippen molar-refractivity contribution in [1.29, 1.82) is 0 Å². The number of esters is 1. The van der Waals surface area contributed by atoms with Crippen molar-refractivity contribution >= 4 is 22.7 Å². The maximum atomic E-state index is 11.9. The lowest BCUT2D eigenvalue weighted by Gasteiger charge is -2.22. The molecule has 1 aromatic carbocycles. The number of Topliss-reactive ketones (excluding diaryl/α,β-unsaturated/α-hetero) is 1. The molecule has 0 atom stereocenters. The first kappa shape index (κ1) is 13.8.